The van der Waals surface area contributed by atoms with Crippen LogP contribution < -0.4 is 0 Å². The summed E-state index contributed by atoms with van der Waals surface area (Å²) < 4.78 is 0. The molecule has 0 radical (unpaired) electrons. The summed E-state index contributed by atoms with van der Waals surface area (Å²) in [4.78, 5) is 2.94. The lowest BCUT2D eigenvalue weighted by atomic mass is 9.74. The van der Waals surface area contributed by atoms with Crippen LogP contribution in [0.4, 0.5) is 0 Å². The summed E-state index contributed by atoms with van der Waals surface area (Å²) in [6.07, 6.45) is 11.7. The van der Waals surface area contributed by atoms with Crippen LogP contribution in [0.15, 0.2) is 0 Å². The highest BCUT2D eigenvalue weighted by Gasteiger charge is 2.54. The number of piperidine rings is 2. The first kappa shape index (κ1) is 9.21. The van der Waals surface area contributed by atoms with Gasteiger partial charge in [0.05, 0.1) is 0 Å². The third-order valence-corrected chi connectivity index (χ3v) is 5.23. The second kappa shape index (κ2) is 2.75. The van der Waals surface area contributed by atoms with Crippen molar-refractivity contribution < 1.29 is 0 Å². The molecule has 0 aromatic heterocycles. The van der Waals surface area contributed by atoms with Gasteiger partial charge in [0, 0.05) is 17.1 Å². The number of rotatable bonds is 0. The van der Waals surface area contributed by atoms with Crippen LogP contribution in [-0.2, 0) is 0 Å². The number of nitrogens with zero attached hydrogens (tertiary/aromatic N) is 1. The molecule has 0 spiro atoms. The summed E-state index contributed by atoms with van der Waals surface area (Å²) in [5.41, 5.74) is 1.16. The van der Waals surface area contributed by atoms with Crippen LogP contribution in [0.3, 0.4) is 0 Å². The normalized spacial score (nSPS) is 53.1. The van der Waals surface area contributed by atoms with Crippen LogP contribution in [0.25, 0.3) is 0 Å². The molecule has 14 heavy (non-hydrogen) atoms. The first-order chi connectivity index (χ1) is 6.64. The molecule has 0 amide bonds. The molecule has 0 bridgehead atoms. The summed E-state index contributed by atoms with van der Waals surface area (Å²) in [5, 5.41) is 0. The Morgan fingerprint density at radius 1 is 0.857 bits per heavy atom. The number of hydrogen-bond donors (Lipinski definition) is 0. The van der Waals surface area contributed by atoms with Crippen molar-refractivity contribution in [2.45, 2.75) is 82.3 Å². The standard InChI is InChI=1S/C13H23N/c1-12-7-3-5-11-6-10-13(2,14(11)12)9-4-8-12/h11H,3-10H2,1-2H3. The Labute approximate surface area is 87.9 Å². The highest BCUT2D eigenvalue weighted by atomic mass is 15.3. The molecule has 3 aliphatic rings. The van der Waals surface area contributed by atoms with Crippen molar-refractivity contribution in [3.05, 3.63) is 0 Å². The summed E-state index contributed by atoms with van der Waals surface area (Å²) in [6, 6.07) is 0.944. The molecule has 3 fully saturated rings. The minimum absolute atomic E-state index is 0.576. The Bertz CT molecular complexity index is 246. The Kier molecular flexibility index (Phi) is 1.81. The van der Waals surface area contributed by atoms with Crippen molar-refractivity contribution in [3.63, 3.8) is 0 Å². The number of hydrogen-bond acceptors (Lipinski definition) is 1. The Morgan fingerprint density at radius 3 is 2.29 bits per heavy atom. The van der Waals surface area contributed by atoms with Crippen molar-refractivity contribution in [1.82, 2.24) is 4.90 Å². The van der Waals surface area contributed by atoms with Crippen molar-refractivity contribution >= 4 is 0 Å². The second-order valence-corrected chi connectivity index (χ2v) is 6.30. The van der Waals surface area contributed by atoms with E-state index in [1.54, 1.807) is 0 Å². The fourth-order valence-corrected chi connectivity index (χ4v) is 4.71. The van der Waals surface area contributed by atoms with Crippen LogP contribution in [0.5, 0.6) is 0 Å². The van der Waals surface area contributed by atoms with Gasteiger partial charge in [-0.2, -0.15) is 0 Å². The fourth-order valence-electron chi connectivity index (χ4n) is 4.71. The first-order valence-electron chi connectivity index (χ1n) is 6.44. The van der Waals surface area contributed by atoms with Crippen LogP contribution >= 0.6 is 0 Å². The molecule has 0 aromatic rings. The molecule has 3 unspecified atom stereocenters. The molecule has 3 saturated heterocycles. The van der Waals surface area contributed by atoms with E-state index in [2.05, 4.69) is 18.7 Å². The zero-order chi connectivity index (χ0) is 9.81. The van der Waals surface area contributed by atoms with E-state index in [0.717, 1.165) is 6.04 Å². The maximum Gasteiger partial charge on any atom is 0.0190 e. The smallest absolute Gasteiger partial charge is 0.0190 e. The Balaban J connectivity index is 1.99. The molecule has 3 heterocycles. The van der Waals surface area contributed by atoms with E-state index in [1.165, 1.54) is 51.4 Å². The Hall–Kier alpha value is -0.0400. The molecule has 0 saturated carbocycles. The average Bonchev–Trinajstić information content (AvgIpc) is 2.46. The van der Waals surface area contributed by atoms with Crippen LogP contribution in [0.1, 0.15) is 65.2 Å². The topological polar surface area (TPSA) is 3.24 Å². The molecule has 3 atom stereocenters. The Morgan fingerprint density at radius 2 is 1.50 bits per heavy atom. The fraction of sp³-hybridized carbons (Fsp3) is 1.00. The van der Waals surface area contributed by atoms with Gasteiger partial charge >= 0.3 is 0 Å². The summed E-state index contributed by atoms with van der Waals surface area (Å²) in [7, 11) is 0. The zero-order valence-electron chi connectivity index (χ0n) is 9.68. The van der Waals surface area contributed by atoms with E-state index in [4.69, 9.17) is 0 Å². The summed E-state index contributed by atoms with van der Waals surface area (Å²) >= 11 is 0. The van der Waals surface area contributed by atoms with E-state index >= 15 is 0 Å². The monoisotopic (exact) mass is 193 g/mol. The van der Waals surface area contributed by atoms with Crippen LogP contribution in [0.2, 0.25) is 0 Å². The van der Waals surface area contributed by atoms with Gasteiger partial charge < -0.3 is 0 Å². The molecular formula is C13H23N. The van der Waals surface area contributed by atoms with Gasteiger partial charge in [0.1, 0.15) is 0 Å². The van der Waals surface area contributed by atoms with E-state index < -0.39 is 0 Å². The van der Waals surface area contributed by atoms with Crippen LogP contribution in [0, 0.1) is 0 Å². The predicted octanol–water partition coefficient (Wildman–Crippen LogP) is 3.34. The van der Waals surface area contributed by atoms with E-state index in [1.807, 2.05) is 0 Å². The van der Waals surface area contributed by atoms with Crippen molar-refractivity contribution in [2.75, 3.05) is 0 Å². The lowest BCUT2D eigenvalue weighted by Gasteiger charge is -2.57. The molecule has 3 rings (SSSR count). The summed E-state index contributed by atoms with van der Waals surface area (Å²) in [6.45, 7) is 5.05. The van der Waals surface area contributed by atoms with Gasteiger partial charge in [0.15, 0.2) is 0 Å². The van der Waals surface area contributed by atoms with Gasteiger partial charge in [-0.15, -0.1) is 0 Å². The maximum absolute atomic E-state index is 2.94. The predicted molar refractivity (Wildman–Crippen MR) is 59.4 cm³/mol. The molecular weight excluding hydrogens is 170 g/mol. The average molecular weight is 193 g/mol. The largest absolute Gasteiger partial charge is 0.290 e. The van der Waals surface area contributed by atoms with Gasteiger partial charge in [0.2, 0.25) is 0 Å². The third-order valence-electron chi connectivity index (χ3n) is 5.23. The quantitative estimate of drug-likeness (QED) is 0.570. The molecule has 0 N–H and O–H groups in total. The van der Waals surface area contributed by atoms with Gasteiger partial charge in [0.25, 0.3) is 0 Å². The van der Waals surface area contributed by atoms with E-state index in [-0.39, 0.29) is 0 Å². The van der Waals surface area contributed by atoms with Crippen molar-refractivity contribution in [2.24, 2.45) is 0 Å². The minimum Gasteiger partial charge on any atom is -0.290 e. The molecule has 0 aromatic carbocycles. The maximum atomic E-state index is 2.94. The van der Waals surface area contributed by atoms with Gasteiger partial charge in [-0.25, -0.2) is 0 Å². The molecule has 1 nitrogen and oxygen atoms in total. The van der Waals surface area contributed by atoms with Gasteiger partial charge in [-0.3, -0.25) is 4.90 Å². The van der Waals surface area contributed by atoms with E-state index in [0.29, 0.717) is 11.1 Å². The molecule has 1 heteroatoms. The zero-order valence-corrected chi connectivity index (χ0v) is 9.68. The van der Waals surface area contributed by atoms with Crippen molar-refractivity contribution in [3.8, 4) is 0 Å². The first-order valence-corrected chi connectivity index (χ1v) is 6.44. The second-order valence-electron chi connectivity index (χ2n) is 6.30. The lowest BCUT2D eigenvalue weighted by molar-refractivity contribution is -0.0689. The lowest BCUT2D eigenvalue weighted by Crippen LogP contribution is -2.62. The molecule has 3 aliphatic heterocycles. The molecule has 0 aliphatic carbocycles. The minimum atomic E-state index is 0.576. The van der Waals surface area contributed by atoms with Gasteiger partial charge in [-0.1, -0.05) is 6.42 Å². The third kappa shape index (κ3) is 1.05. The molecule has 80 valence electrons. The van der Waals surface area contributed by atoms with Gasteiger partial charge in [-0.05, 0) is 58.8 Å². The summed E-state index contributed by atoms with van der Waals surface area (Å²) in [5.74, 6) is 0. The van der Waals surface area contributed by atoms with Crippen LogP contribution in [-0.4, -0.2) is 22.0 Å². The SMILES string of the molecule is CC12CCCC3CCC(C)(CCC1)N32. The van der Waals surface area contributed by atoms with E-state index in [9.17, 15) is 0 Å². The highest BCUT2D eigenvalue weighted by molar-refractivity contribution is 5.10. The van der Waals surface area contributed by atoms with Crippen molar-refractivity contribution in [1.29, 1.82) is 0 Å². The highest BCUT2D eigenvalue weighted by Crippen LogP contribution is 2.52.